The van der Waals surface area contributed by atoms with Crippen LogP contribution in [0.3, 0.4) is 0 Å². The van der Waals surface area contributed by atoms with Gasteiger partial charge in [0, 0.05) is 5.33 Å². The molecule has 0 bridgehead atoms. The summed E-state index contributed by atoms with van der Waals surface area (Å²) < 4.78 is 6.10. The summed E-state index contributed by atoms with van der Waals surface area (Å²) in [6.45, 7) is 4.40. The maximum Gasteiger partial charge on any atom is 0.0631 e. The fraction of sp³-hybridized carbons (Fsp3) is 0.625. The normalized spacial score (nSPS) is 24.1. The van der Waals surface area contributed by atoms with Crippen LogP contribution in [-0.4, -0.2) is 17.0 Å². The van der Waals surface area contributed by atoms with Crippen molar-refractivity contribution in [2.24, 2.45) is 5.92 Å². The summed E-state index contributed by atoms with van der Waals surface area (Å²) in [5.74, 6) is 0.672. The van der Waals surface area contributed by atoms with E-state index in [9.17, 15) is 0 Å². The molecule has 1 saturated heterocycles. The second kappa shape index (κ2) is 6.21. The molecular formula is C16H23BrO. The van der Waals surface area contributed by atoms with Crippen molar-refractivity contribution in [3.05, 3.63) is 35.9 Å². The average molecular weight is 311 g/mol. The molecule has 0 amide bonds. The number of halogens is 1. The highest BCUT2D eigenvalue weighted by molar-refractivity contribution is 9.09. The van der Waals surface area contributed by atoms with E-state index in [0.29, 0.717) is 12.0 Å². The summed E-state index contributed by atoms with van der Waals surface area (Å²) in [5, 5.41) is 1.06. The minimum atomic E-state index is 0.0915. The smallest absolute Gasteiger partial charge is 0.0631 e. The van der Waals surface area contributed by atoms with Crippen molar-refractivity contribution < 1.29 is 4.74 Å². The maximum absolute atomic E-state index is 6.10. The lowest BCUT2D eigenvalue weighted by Crippen LogP contribution is -2.22. The SMILES string of the molecule is CC1(C)CCC(CC(CBr)Cc2ccccc2)O1. The molecule has 1 fully saturated rings. The predicted molar refractivity (Wildman–Crippen MR) is 80.2 cm³/mol. The first kappa shape index (κ1) is 14.1. The van der Waals surface area contributed by atoms with Gasteiger partial charge in [0.2, 0.25) is 0 Å². The van der Waals surface area contributed by atoms with Crippen molar-refractivity contribution in [3.63, 3.8) is 0 Å². The Morgan fingerprint density at radius 2 is 2.06 bits per heavy atom. The third-order valence-electron chi connectivity index (χ3n) is 3.74. The van der Waals surface area contributed by atoms with Gasteiger partial charge in [0.15, 0.2) is 0 Å². The Hall–Kier alpha value is -0.340. The topological polar surface area (TPSA) is 9.23 Å². The fourth-order valence-corrected chi connectivity index (χ4v) is 3.26. The van der Waals surface area contributed by atoms with E-state index < -0.39 is 0 Å². The molecule has 100 valence electrons. The van der Waals surface area contributed by atoms with Crippen LogP contribution in [0, 0.1) is 5.92 Å². The number of hydrogen-bond donors (Lipinski definition) is 0. The lowest BCUT2D eigenvalue weighted by Gasteiger charge is -2.22. The minimum Gasteiger partial charge on any atom is -0.372 e. The van der Waals surface area contributed by atoms with Gasteiger partial charge in [-0.2, -0.15) is 0 Å². The van der Waals surface area contributed by atoms with Crippen molar-refractivity contribution >= 4 is 15.9 Å². The van der Waals surface area contributed by atoms with Gasteiger partial charge >= 0.3 is 0 Å². The fourth-order valence-electron chi connectivity index (χ4n) is 2.76. The first-order valence-corrected chi connectivity index (χ1v) is 7.99. The molecule has 2 heteroatoms. The van der Waals surface area contributed by atoms with Crippen molar-refractivity contribution in [3.8, 4) is 0 Å². The van der Waals surface area contributed by atoms with E-state index >= 15 is 0 Å². The summed E-state index contributed by atoms with van der Waals surface area (Å²) >= 11 is 3.65. The molecule has 0 radical (unpaired) electrons. The van der Waals surface area contributed by atoms with E-state index in [1.807, 2.05) is 0 Å². The Morgan fingerprint density at radius 3 is 2.61 bits per heavy atom. The molecule has 2 unspecified atom stereocenters. The molecule has 1 aromatic rings. The molecule has 1 nitrogen and oxygen atoms in total. The Balaban J connectivity index is 1.87. The number of hydrogen-bond acceptors (Lipinski definition) is 1. The average Bonchev–Trinajstić information content (AvgIpc) is 2.69. The van der Waals surface area contributed by atoms with E-state index in [-0.39, 0.29) is 5.60 Å². The van der Waals surface area contributed by atoms with Crippen molar-refractivity contribution in [1.29, 1.82) is 0 Å². The molecule has 1 aliphatic rings. The highest BCUT2D eigenvalue weighted by Gasteiger charge is 2.32. The molecule has 1 heterocycles. The van der Waals surface area contributed by atoms with Crippen molar-refractivity contribution in [2.45, 2.75) is 51.2 Å². The van der Waals surface area contributed by atoms with E-state index in [0.717, 1.165) is 11.8 Å². The zero-order chi connectivity index (χ0) is 13.0. The molecule has 0 aliphatic carbocycles. The summed E-state index contributed by atoms with van der Waals surface area (Å²) in [7, 11) is 0. The van der Waals surface area contributed by atoms with Crippen LogP contribution in [0.15, 0.2) is 30.3 Å². The molecule has 0 spiro atoms. The number of alkyl halides is 1. The lowest BCUT2D eigenvalue weighted by molar-refractivity contribution is -0.0233. The summed E-state index contributed by atoms with van der Waals surface area (Å²) in [6.07, 6.45) is 5.17. The van der Waals surface area contributed by atoms with Gasteiger partial charge in [-0.05, 0) is 51.0 Å². The predicted octanol–water partition coefficient (Wildman–Crippen LogP) is 4.59. The Bertz CT molecular complexity index is 361. The highest BCUT2D eigenvalue weighted by atomic mass is 79.9. The van der Waals surface area contributed by atoms with Gasteiger partial charge < -0.3 is 4.74 Å². The zero-order valence-electron chi connectivity index (χ0n) is 11.4. The van der Waals surface area contributed by atoms with E-state index in [4.69, 9.17) is 4.74 Å². The third-order valence-corrected chi connectivity index (χ3v) is 4.65. The number of benzene rings is 1. The van der Waals surface area contributed by atoms with Gasteiger partial charge in [0.1, 0.15) is 0 Å². The standard InChI is InChI=1S/C16H23BrO/c1-16(2)9-8-15(18-16)11-14(12-17)10-13-6-4-3-5-7-13/h3-7,14-15H,8-12H2,1-2H3. The van der Waals surface area contributed by atoms with Crippen LogP contribution in [-0.2, 0) is 11.2 Å². The van der Waals surface area contributed by atoms with E-state index in [2.05, 4.69) is 60.1 Å². The van der Waals surface area contributed by atoms with Crippen LogP contribution in [0.5, 0.6) is 0 Å². The van der Waals surface area contributed by atoms with Crippen LogP contribution < -0.4 is 0 Å². The molecule has 1 aromatic carbocycles. The Kier molecular flexibility index (Phi) is 4.85. The second-order valence-corrected chi connectivity index (χ2v) is 6.63. The molecule has 0 aromatic heterocycles. The van der Waals surface area contributed by atoms with Gasteiger partial charge in [-0.1, -0.05) is 46.3 Å². The molecular weight excluding hydrogens is 288 g/mol. The number of rotatable bonds is 5. The van der Waals surface area contributed by atoms with Crippen LogP contribution in [0.1, 0.15) is 38.7 Å². The van der Waals surface area contributed by atoms with Crippen LogP contribution in [0.25, 0.3) is 0 Å². The van der Waals surface area contributed by atoms with Crippen LogP contribution >= 0.6 is 15.9 Å². The minimum absolute atomic E-state index is 0.0915. The highest BCUT2D eigenvalue weighted by Crippen LogP contribution is 2.33. The quantitative estimate of drug-likeness (QED) is 0.723. The Labute approximate surface area is 119 Å². The van der Waals surface area contributed by atoms with Gasteiger partial charge in [-0.15, -0.1) is 0 Å². The summed E-state index contributed by atoms with van der Waals surface area (Å²) in [4.78, 5) is 0. The number of ether oxygens (including phenoxy) is 1. The first-order chi connectivity index (χ1) is 8.59. The van der Waals surface area contributed by atoms with Crippen LogP contribution in [0.4, 0.5) is 0 Å². The second-order valence-electron chi connectivity index (χ2n) is 5.98. The van der Waals surface area contributed by atoms with E-state index in [1.54, 1.807) is 0 Å². The molecule has 2 rings (SSSR count). The monoisotopic (exact) mass is 310 g/mol. The zero-order valence-corrected chi connectivity index (χ0v) is 12.9. The molecule has 2 atom stereocenters. The largest absolute Gasteiger partial charge is 0.372 e. The van der Waals surface area contributed by atoms with Gasteiger partial charge in [-0.25, -0.2) is 0 Å². The molecule has 1 aliphatic heterocycles. The van der Waals surface area contributed by atoms with Crippen molar-refractivity contribution in [2.75, 3.05) is 5.33 Å². The summed E-state index contributed by atoms with van der Waals surface area (Å²) in [6, 6.07) is 10.8. The molecule has 18 heavy (non-hydrogen) atoms. The maximum atomic E-state index is 6.10. The van der Waals surface area contributed by atoms with Crippen molar-refractivity contribution in [1.82, 2.24) is 0 Å². The molecule has 0 N–H and O–H groups in total. The molecule has 0 saturated carbocycles. The van der Waals surface area contributed by atoms with Gasteiger partial charge in [0.05, 0.1) is 11.7 Å². The lowest BCUT2D eigenvalue weighted by atomic mass is 9.94. The van der Waals surface area contributed by atoms with Crippen LogP contribution in [0.2, 0.25) is 0 Å². The third kappa shape index (κ3) is 4.10. The first-order valence-electron chi connectivity index (χ1n) is 6.87. The summed E-state index contributed by atoms with van der Waals surface area (Å²) in [5.41, 5.74) is 1.52. The van der Waals surface area contributed by atoms with E-state index in [1.165, 1.54) is 24.8 Å². The van der Waals surface area contributed by atoms with Gasteiger partial charge in [0.25, 0.3) is 0 Å². The Morgan fingerprint density at radius 1 is 1.33 bits per heavy atom. The van der Waals surface area contributed by atoms with Gasteiger partial charge in [-0.3, -0.25) is 0 Å².